The van der Waals surface area contributed by atoms with Crippen molar-refractivity contribution in [2.75, 3.05) is 25.0 Å². The number of likely N-dealkylation sites (N-methyl/N-ethyl adjacent to an activating group) is 1. The predicted octanol–water partition coefficient (Wildman–Crippen LogP) is 2.15. The van der Waals surface area contributed by atoms with Gasteiger partial charge in [0.15, 0.2) is 0 Å². The molecule has 1 saturated heterocycles. The van der Waals surface area contributed by atoms with Gasteiger partial charge in [0.2, 0.25) is 5.89 Å². The second-order valence-electron chi connectivity index (χ2n) is 6.02. The van der Waals surface area contributed by atoms with Crippen molar-refractivity contribution in [3.63, 3.8) is 0 Å². The first-order valence-electron chi connectivity index (χ1n) is 7.65. The third-order valence-electron chi connectivity index (χ3n) is 4.18. The van der Waals surface area contributed by atoms with Crippen LogP contribution in [0, 0.1) is 13.8 Å². The highest BCUT2D eigenvalue weighted by atomic mass is 32.1. The zero-order chi connectivity index (χ0) is 16.6. The molecule has 0 aliphatic carbocycles. The molecule has 1 unspecified atom stereocenters. The maximum atomic E-state index is 13.9. The topological polar surface area (TPSA) is 71.2 Å². The van der Waals surface area contributed by atoms with Gasteiger partial charge in [0.05, 0.1) is 12.6 Å². The summed E-state index contributed by atoms with van der Waals surface area (Å²) < 4.78 is 19.4. The van der Waals surface area contributed by atoms with E-state index in [9.17, 15) is 4.39 Å². The molecule has 0 bridgehead atoms. The van der Waals surface area contributed by atoms with Gasteiger partial charge >= 0.3 is 6.01 Å². The van der Waals surface area contributed by atoms with Gasteiger partial charge in [-0.15, -0.1) is 26.6 Å². The van der Waals surface area contributed by atoms with Crippen molar-refractivity contribution >= 4 is 17.4 Å². The Balaban J connectivity index is 1.69. The zero-order valence-corrected chi connectivity index (χ0v) is 14.5. The van der Waals surface area contributed by atoms with Crippen LogP contribution in [0.4, 0.5) is 10.4 Å². The molecule has 7 nitrogen and oxygen atoms in total. The van der Waals surface area contributed by atoms with Gasteiger partial charge in [-0.1, -0.05) is 5.10 Å². The van der Waals surface area contributed by atoms with E-state index >= 15 is 0 Å². The summed E-state index contributed by atoms with van der Waals surface area (Å²) in [7, 11) is 2.02. The minimum Gasteiger partial charge on any atom is -0.408 e. The van der Waals surface area contributed by atoms with Gasteiger partial charge < -0.3 is 9.32 Å². The molecule has 3 heterocycles. The first-order valence-corrected chi connectivity index (χ1v) is 8.46. The van der Waals surface area contributed by atoms with Gasteiger partial charge in [-0.2, -0.15) is 0 Å². The van der Waals surface area contributed by atoms with E-state index in [0.29, 0.717) is 31.4 Å². The minimum absolute atomic E-state index is 0.00585. The molecule has 0 spiro atoms. The van der Waals surface area contributed by atoms with Gasteiger partial charge in [-0.05, 0) is 20.9 Å². The Bertz CT molecular complexity index is 661. The number of halogens is 1. The van der Waals surface area contributed by atoms with Crippen LogP contribution >= 0.6 is 11.3 Å². The fraction of sp³-hybridized carbons (Fsp3) is 0.714. The fourth-order valence-electron chi connectivity index (χ4n) is 2.83. The molecule has 1 aliphatic heterocycles. The summed E-state index contributed by atoms with van der Waals surface area (Å²) in [5.41, 5.74) is 0. The molecule has 2 aromatic heterocycles. The number of aromatic nitrogens is 4. The monoisotopic (exact) mass is 340 g/mol. The van der Waals surface area contributed by atoms with E-state index < -0.39 is 6.17 Å². The lowest BCUT2D eigenvalue weighted by Gasteiger charge is -2.29. The van der Waals surface area contributed by atoms with Gasteiger partial charge in [0.1, 0.15) is 16.2 Å². The molecule has 0 aromatic carbocycles. The molecule has 1 aliphatic rings. The Morgan fingerprint density at radius 2 is 2.13 bits per heavy atom. The average molecular weight is 340 g/mol. The highest BCUT2D eigenvalue weighted by Crippen LogP contribution is 2.29. The lowest BCUT2D eigenvalue weighted by Crippen LogP contribution is -2.40. The van der Waals surface area contributed by atoms with Gasteiger partial charge in [-0.3, -0.25) is 4.90 Å². The van der Waals surface area contributed by atoms with Crippen LogP contribution in [0.1, 0.15) is 35.3 Å². The molecule has 0 amide bonds. The highest BCUT2D eigenvalue weighted by molar-refractivity contribution is 7.11. The maximum absolute atomic E-state index is 13.9. The largest absolute Gasteiger partial charge is 0.408 e. The Kier molecular flexibility index (Phi) is 4.58. The van der Waals surface area contributed by atoms with Crippen LogP contribution in [0.15, 0.2) is 4.42 Å². The number of hydrogen-bond acceptors (Lipinski definition) is 8. The van der Waals surface area contributed by atoms with Gasteiger partial charge in [-0.25, -0.2) is 4.39 Å². The summed E-state index contributed by atoms with van der Waals surface area (Å²) in [6, 6.07) is 0.540. The maximum Gasteiger partial charge on any atom is 0.318 e. The summed E-state index contributed by atoms with van der Waals surface area (Å²) in [6.07, 6.45) is -0.409. The number of alkyl halides is 1. The van der Waals surface area contributed by atoms with Crippen molar-refractivity contribution in [3.05, 3.63) is 15.9 Å². The number of rotatable bonds is 5. The lowest BCUT2D eigenvalue weighted by molar-refractivity contribution is 0.237. The van der Waals surface area contributed by atoms with E-state index in [1.54, 1.807) is 18.3 Å². The van der Waals surface area contributed by atoms with E-state index in [4.69, 9.17) is 4.42 Å². The van der Waals surface area contributed by atoms with Crippen LogP contribution in [0.25, 0.3) is 0 Å². The van der Waals surface area contributed by atoms with E-state index in [1.807, 2.05) is 18.9 Å². The second-order valence-corrected chi connectivity index (χ2v) is 7.23. The van der Waals surface area contributed by atoms with Crippen molar-refractivity contribution < 1.29 is 8.81 Å². The van der Waals surface area contributed by atoms with Crippen LogP contribution in [-0.2, 0) is 0 Å². The summed E-state index contributed by atoms with van der Waals surface area (Å²) in [4.78, 5) is 4.04. The first kappa shape index (κ1) is 16.3. The second kappa shape index (κ2) is 6.48. The summed E-state index contributed by atoms with van der Waals surface area (Å²) in [5, 5.41) is 18.1. The summed E-state index contributed by atoms with van der Waals surface area (Å²) >= 11 is 1.59. The summed E-state index contributed by atoms with van der Waals surface area (Å²) in [6.45, 7) is 6.76. The third-order valence-corrected chi connectivity index (χ3v) is 5.19. The van der Waals surface area contributed by atoms with Crippen LogP contribution in [0.5, 0.6) is 0 Å². The number of hydrogen-bond donors (Lipinski definition) is 0. The molecule has 1 fully saturated rings. The molecule has 3 rings (SSSR count). The molecule has 3 atom stereocenters. The van der Waals surface area contributed by atoms with Crippen molar-refractivity contribution in [2.45, 2.75) is 45.4 Å². The Morgan fingerprint density at radius 3 is 2.74 bits per heavy atom. The van der Waals surface area contributed by atoms with E-state index in [1.165, 1.54) is 0 Å². The molecule has 9 heteroatoms. The minimum atomic E-state index is -0.875. The van der Waals surface area contributed by atoms with Crippen LogP contribution in [0.3, 0.4) is 0 Å². The standard InChI is InChI=1S/C14H21FN6OS/c1-8(13-18-17-10(3)23-13)20(4)7-12-5-11(15)6-21(12)14-19-16-9(2)22-14/h8,11-12H,5-7H2,1-4H3/t8?,11-,12-/m0/s1. The van der Waals surface area contributed by atoms with E-state index in [-0.39, 0.29) is 12.1 Å². The Morgan fingerprint density at radius 1 is 1.35 bits per heavy atom. The van der Waals surface area contributed by atoms with Crippen LogP contribution < -0.4 is 4.90 Å². The van der Waals surface area contributed by atoms with Gasteiger partial charge in [0.25, 0.3) is 0 Å². The Labute approximate surface area is 138 Å². The predicted molar refractivity (Wildman–Crippen MR) is 85.4 cm³/mol. The molecule has 0 saturated carbocycles. The summed E-state index contributed by atoms with van der Waals surface area (Å²) in [5.74, 6) is 0.493. The lowest BCUT2D eigenvalue weighted by atomic mass is 10.2. The van der Waals surface area contributed by atoms with E-state index in [2.05, 4.69) is 32.2 Å². The zero-order valence-electron chi connectivity index (χ0n) is 13.7. The smallest absolute Gasteiger partial charge is 0.318 e. The number of anilines is 1. The third kappa shape index (κ3) is 3.50. The molecule has 126 valence electrons. The number of aryl methyl sites for hydroxylation is 2. The molecule has 2 aromatic rings. The molecular weight excluding hydrogens is 319 g/mol. The molecule has 0 radical (unpaired) electrons. The normalized spacial score (nSPS) is 23.0. The van der Waals surface area contributed by atoms with Crippen molar-refractivity contribution in [3.8, 4) is 0 Å². The van der Waals surface area contributed by atoms with Crippen molar-refractivity contribution in [2.24, 2.45) is 0 Å². The fourth-order valence-corrected chi connectivity index (χ4v) is 3.65. The van der Waals surface area contributed by atoms with Crippen molar-refractivity contribution in [1.82, 2.24) is 25.3 Å². The SMILES string of the molecule is Cc1nnc(N2C[C@@H](F)C[C@H]2CN(C)C(C)c2nnc(C)s2)o1. The number of nitrogens with zero attached hydrogens (tertiary/aromatic N) is 6. The quantitative estimate of drug-likeness (QED) is 0.826. The van der Waals surface area contributed by atoms with Gasteiger partial charge in [0, 0.05) is 25.9 Å². The average Bonchev–Trinajstić information content (AvgIpc) is 3.19. The highest BCUT2D eigenvalue weighted by Gasteiger charge is 2.36. The first-order chi connectivity index (χ1) is 10.9. The van der Waals surface area contributed by atoms with Crippen LogP contribution in [0.2, 0.25) is 0 Å². The molecule has 23 heavy (non-hydrogen) atoms. The molecule has 0 N–H and O–H groups in total. The van der Waals surface area contributed by atoms with Crippen molar-refractivity contribution in [1.29, 1.82) is 0 Å². The van der Waals surface area contributed by atoms with Crippen LogP contribution in [-0.4, -0.2) is 57.6 Å². The van der Waals surface area contributed by atoms with E-state index in [0.717, 1.165) is 10.0 Å². The Hall–Kier alpha value is -1.61. The molecular formula is C14H21FN6OS.